The first-order valence-electron chi connectivity index (χ1n) is 16.7. The zero-order valence-corrected chi connectivity index (χ0v) is 28.5. The third kappa shape index (κ3) is 6.29. The van der Waals surface area contributed by atoms with Crippen LogP contribution in [-0.4, -0.2) is 64.0 Å². The van der Waals surface area contributed by atoms with Crippen LogP contribution in [-0.2, 0) is 31.2 Å². The number of nitrogens with one attached hydrogen (secondary N) is 1. The van der Waals surface area contributed by atoms with Crippen LogP contribution in [0, 0.1) is 5.82 Å². The molecule has 1 N–H and O–H groups in total. The zero-order valence-electron chi connectivity index (χ0n) is 27.7. The molecule has 2 bridgehead atoms. The number of fused-ring (bicyclic) bond motifs is 7. The van der Waals surface area contributed by atoms with E-state index in [9.17, 15) is 9.59 Å². The molecule has 1 fully saturated rings. The largest absolute Gasteiger partial charge is 0.376 e. The lowest BCUT2D eigenvalue weighted by Gasteiger charge is -2.34. The fourth-order valence-electron chi connectivity index (χ4n) is 6.90. The number of aromatic nitrogens is 3. The number of piperazine rings is 1. The average molecular weight is 669 g/mol. The Kier molecular flexibility index (Phi) is 9.17. The molecule has 0 atom stereocenters. The first-order chi connectivity index (χ1) is 23.3. The highest BCUT2D eigenvalue weighted by Gasteiger charge is 2.23. The minimum atomic E-state index is -0.509. The van der Waals surface area contributed by atoms with Gasteiger partial charge in [-0.25, -0.2) is 4.39 Å². The molecule has 7 rings (SSSR count). The maximum atomic E-state index is 15.5. The summed E-state index contributed by atoms with van der Waals surface area (Å²) in [6.45, 7) is 6.47. The predicted molar refractivity (Wildman–Crippen MR) is 190 cm³/mol. The summed E-state index contributed by atoms with van der Waals surface area (Å²) in [7, 11) is 3.82. The number of likely N-dealkylation sites (N-methyl/N-ethyl adjacent to an activating group) is 1. The maximum absolute atomic E-state index is 15.5. The zero-order chi connectivity index (χ0) is 33.4. The molecule has 4 aromatic rings. The number of hydrogen-bond acceptors (Lipinski definition) is 8. The highest BCUT2D eigenvalue weighted by atomic mass is 32.1. The van der Waals surface area contributed by atoms with Crippen LogP contribution in [0.5, 0.6) is 0 Å². The van der Waals surface area contributed by atoms with Crippen LogP contribution in [0.1, 0.15) is 42.2 Å². The maximum Gasteiger partial charge on any atom is 0.289 e. The molecule has 1 aliphatic carbocycles. The van der Waals surface area contributed by atoms with Crippen LogP contribution in [0.2, 0.25) is 0 Å². The van der Waals surface area contributed by atoms with Gasteiger partial charge >= 0.3 is 0 Å². The van der Waals surface area contributed by atoms with Gasteiger partial charge in [0.15, 0.2) is 0 Å². The first-order valence-corrected chi connectivity index (χ1v) is 17.5. The number of allylic oxidation sites excluding steroid dienone is 3. The van der Waals surface area contributed by atoms with Crippen molar-refractivity contribution in [2.75, 3.05) is 45.2 Å². The lowest BCUT2D eigenvalue weighted by molar-refractivity contribution is 0.125. The lowest BCUT2D eigenvalue weighted by Crippen LogP contribution is -2.43. The van der Waals surface area contributed by atoms with E-state index in [4.69, 9.17) is 4.74 Å². The number of pyridine rings is 1. The second-order valence-corrected chi connectivity index (χ2v) is 13.9. The second-order valence-electron chi connectivity index (χ2n) is 12.8. The Morgan fingerprint density at radius 1 is 1.04 bits per heavy atom. The molecule has 48 heavy (non-hydrogen) atoms. The van der Waals surface area contributed by atoms with Crippen molar-refractivity contribution in [3.8, 4) is 16.8 Å². The Hall–Kier alpha value is -4.32. The topological polar surface area (TPSA) is 84.6 Å². The van der Waals surface area contributed by atoms with Gasteiger partial charge in [-0.3, -0.25) is 9.59 Å². The molecular formula is C37H41FN6O3S. The highest BCUT2D eigenvalue weighted by Crippen LogP contribution is 2.36. The van der Waals surface area contributed by atoms with Crippen molar-refractivity contribution in [2.24, 2.45) is 7.05 Å². The molecule has 0 unspecified atom stereocenters. The van der Waals surface area contributed by atoms with E-state index in [0.717, 1.165) is 68.6 Å². The highest BCUT2D eigenvalue weighted by molar-refractivity contribution is 7.19. The van der Waals surface area contributed by atoms with Crippen molar-refractivity contribution in [2.45, 2.75) is 45.6 Å². The van der Waals surface area contributed by atoms with Gasteiger partial charge in [-0.1, -0.05) is 12.2 Å². The van der Waals surface area contributed by atoms with Crippen molar-refractivity contribution in [3.63, 3.8) is 0 Å². The summed E-state index contributed by atoms with van der Waals surface area (Å²) in [6.07, 6.45) is 16.4. The van der Waals surface area contributed by atoms with Gasteiger partial charge in [0.05, 0.1) is 25.1 Å². The number of rotatable bonds is 4. The van der Waals surface area contributed by atoms with Crippen LogP contribution in [0.4, 0.5) is 10.1 Å². The normalized spacial score (nSPS) is 18.9. The third-order valence-corrected chi connectivity index (χ3v) is 10.9. The molecule has 3 aromatic heterocycles. The number of halogens is 1. The summed E-state index contributed by atoms with van der Waals surface area (Å²) in [5.41, 5.74) is 5.14. The van der Waals surface area contributed by atoms with Crippen molar-refractivity contribution in [1.29, 1.82) is 0 Å². The molecule has 2 aliphatic heterocycles. The summed E-state index contributed by atoms with van der Waals surface area (Å²) in [4.78, 5) is 33.3. The molecule has 0 amide bonds. The monoisotopic (exact) mass is 668 g/mol. The fourth-order valence-corrected chi connectivity index (χ4v) is 8.19. The molecule has 0 saturated carbocycles. The van der Waals surface area contributed by atoms with E-state index >= 15 is 4.39 Å². The van der Waals surface area contributed by atoms with Crippen LogP contribution < -0.4 is 16.4 Å². The summed E-state index contributed by atoms with van der Waals surface area (Å²) in [5, 5.41) is 8.84. The quantitative estimate of drug-likeness (QED) is 0.277. The fraction of sp³-hybridized carbons (Fsp3) is 0.378. The van der Waals surface area contributed by atoms with Crippen LogP contribution in [0.15, 0.2) is 75.9 Å². The molecule has 250 valence electrons. The molecule has 0 radical (unpaired) electrons. The van der Waals surface area contributed by atoms with Gasteiger partial charge in [0, 0.05) is 78.3 Å². The van der Waals surface area contributed by atoms with E-state index in [1.807, 2.05) is 19.1 Å². The summed E-state index contributed by atoms with van der Waals surface area (Å²) in [6, 6.07) is 4.54. The minimum absolute atomic E-state index is 0.134. The van der Waals surface area contributed by atoms with Crippen molar-refractivity contribution in [3.05, 3.63) is 109 Å². The molecule has 3 aliphatic rings. The molecule has 5 heterocycles. The SMILES string of the molecule is C\C=C(/C=C\C1=C\CCOCc2c(cc(F)cc2-n2ncc3c4c(sc3c2=O)CCCC4)-c2cc(c(=O)n(C)c2)N1)N1CCN(C)CC1. The number of ether oxygens (including phenoxy) is 1. The molecule has 9 nitrogen and oxygen atoms in total. The molecule has 11 heteroatoms. The van der Waals surface area contributed by atoms with Crippen LogP contribution >= 0.6 is 11.3 Å². The number of hydrogen-bond donors (Lipinski definition) is 1. The van der Waals surface area contributed by atoms with E-state index < -0.39 is 5.82 Å². The molecular weight excluding hydrogens is 628 g/mol. The second kappa shape index (κ2) is 13.7. The Bertz CT molecular complexity index is 2080. The Balaban J connectivity index is 1.28. The standard InChI is InChI=1S/C37H41FN6O3S/c1-4-27(43-15-13-41(2)14-16-43)12-11-26-8-7-17-47-23-31-29(24-18-32(40-26)36(45)42(3)22-24)19-25(38)20-33(31)44-37(46)35-30(21-39-44)28-9-5-6-10-34(28)48-35/h4,8,11-12,18-22,40H,5-7,9-10,13-17,23H2,1-3H3/b12-11-,26-8-,27-4+. The van der Waals surface area contributed by atoms with Gasteiger partial charge in [0.1, 0.15) is 16.2 Å². The molecule has 0 spiro atoms. The smallest absolute Gasteiger partial charge is 0.289 e. The number of anilines is 1. The summed E-state index contributed by atoms with van der Waals surface area (Å²) in [5.74, 6) is -0.509. The van der Waals surface area contributed by atoms with Crippen molar-refractivity contribution in [1.82, 2.24) is 24.1 Å². The number of thiophene rings is 1. The summed E-state index contributed by atoms with van der Waals surface area (Å²) >= 11 is 1.53. The van der Waals surface area contributed by atoms with E-state index in [1.165, 1.54) is 43.2 Å². The average Bonchev–Trinajstić information content (AvgIpc) is 3.47. The lowest BCUT2D eigenvalue weighted by atomic mass is 9.97. The number of benzene rings is 1. The van der Waals surface area contributed by atoms with E-state index in [2.05, 4.69) is 39.4 Å². The Morgan fingerprint density at radius 2 is 1.85 bits per heavy atom. The summed E-state index contributed by atoms with van der Waals surface area (Å²) < 4.78 is 25.2. The van der Waals surface area contributed by atoms with Crippen molar-refractivity contribution >= 4 is 27.1 Å². The van der Waals surface area contributed by atoms with Gasteiger partial charge in [-0.15, -0.1) is 11.3 Å². The molecule has 1 aromatic carbocycles. The van der Waals surface area contributed by atoms with Gasteiger partial charge < -0.3 is 24.4 Å². The Labute approximate surface area is 283 Å². The van der Waals surface area contributed by atoms with Crippen molar-refractivity contribution < 1.29 is 9.13 Å². The first kappa shape index (κ1) is 32.2. The van der Waals surface area contributed by atoms with Crippen LogP contribution in [0.3, 0.4) is 0 Å². The predicted octanol–water partition coefficient (Wildman–Crippen LogP) is 5.75. The number of aryl methyl sites for hydroxylation is 3. The molecule has 1 saturated heterocycles. The van der Waals surface area contributed by atoms with Gasteiger partial charge in [-0.2, -0.15) is 9.78 Å². The van der Waals surface area contributed by atoms with Gasteiger partial charge in [-0.05, 0) is 81.5 Å². The number of nitrogens with zero attached hydrogens (tertiary/aromatic N) is 5. The van der Waals surface area contributed by atoms with E-state index in [0.29, 0.717) is 45.8 Å². The Morgan fingerprint density at radius 3 is 2.67 bits per heavy atom. The van der Waals surface area contributed by atoms with Crippen LogP contribution in [0.25, 0.3) is 26.9 Å². The third-order valence-electron chi connectivity index (χ3n) is 9.56. The van der Waals surface area contributed by atoms with Gasteiger partial charge in [0.25, 0.3) is 11.1 Å². The van der Waals surface area contributed by atoms with E-state index in [-0.39, 0.29) is 17.7 Å². The van der Waals surface area contributed by atoms with E-state index in [1.54, 1.807) is 25.5 Å². The van der Waals surface area contributed by atoms with Gasteiger partial charge in [0.2, 0.25) is 0 Å². The minimum Gasteiger partial charge on any atom is -0.376 e.